The first-order chi connectivity index (χ1) is 10.5. The van der Waals surface area contributed by atoms with Crippen molar-refractivity contribution in [1.82, 2.24) is 5.32 Å². The van der Waals surface area contributed by atoms with Crippen molar-refractivity contribution in [3.8, 4) is 5.75 Å². The summed E-state index contributed by atoms with van der Waals surface area (Å²) in [6, 6.07) is 7.40. The number of para-hydroxylation sites is 1. The zero-order valence-electron chi connectivity index (χ0n) is 13.0. The van der Waals surface area contributed by atoms with Gasteiger partial charge in [0.1, 0.15) is 5.75 Å². The molecule has 1 amide bonds. The molecule has 0 radical (unpaired) electrons. The maximum atomic E-state index is 12.2. The van der Waals surface area contributed by atoms with Crippen molar-refractivity contribution in [1.29, 1.82) is 0 Å². The van der Waals surface area contributed by atoms with Crippen LogP contribution in [-0.2, 0) is 9.59 Å². The smallest absolute Gasteiger partial charge is 0.308 e. The van der Waals surface area contributed by atoms with Crippen LogP contribution in [0.1, 0.15) is 44.1 Å². The van der Waals surface area contributed by atoms with Crippen LogP contribution in [-0.4, -0.2) is 30.1 Å². The average Bonchev–Trinajstić information content (AvgIpc) is 2.95. The maximum Gasteiger partial charge on any atom is 0.308 e. The number of carbonyl (C=O) groups is 2. The summed E-state index contributed by atoms with van der Waals surface area (Å²) < 4.78 is 5.32. The van der Waals surface area contributed by atoms with E-state index in [0.717, 1.165) is 24.2 Å². The van der Waals surface area contributed by atoms with E-state index in [-0.39, 0.29) is 17.9 Å². The molecule has 0 aliphatic heterocycles. The third kappa shape index (κ3) is 3.78. The zero-order valence-corrected chi connectivity index (χ0v) is 13.0. The third-order valence-corrected chi connectivity index (χ3v) is 4.34. The molecule has 0 bridgehead atoms. The van der Waals surface area contributed by atoms with Gasteiger partial charge in [0.05, 0.1) is 13.0 Å². The molecule has 0 heterocycles. The summed E-state index contributed by atoms with van der Waals surface area (Å²) in [5, 5.41) is 12.0. The SMILES string of the molecule is COc1ccccc1C(C)CC(=O)N[C@@H]1CCC[C@@H]1C(=O)O. The molecule has 1 saturated carbocycles. The van der Waals surface area contributed by atoms with Gasteiger partial charge in [0.2, 0.25) is 5.91 Å². The number of nitrogens with one attached hydrogen (secondary N) is 1. The van der Waals surface area contributed by atoms with E-state index in [0.29, 0.717) is 12.8 Å². The summed E-state index contributed by atoms with van der Waals surface area (Å²) in [4.78, 5) is 23.4. The normalized spacial score (nSPS) is 22.1. The lowest BCUT2D eigenvalue weighted by Gasteiger charge is -2.20. The van der Waals surface area contributed by atoms with Crippen LogP contribution in [0, 0.1) is 5.92 Å². The standard InChI is InChI=1S/C17H23NO4/c1-11(12-6-3-4-9-15(12)22-2)10-16(19)18-14-8-5-7-13(14)17(20)21/h3-4,6,9,11,13-14H,5,7-8,10H2,1-2H3,(H,18,19)(H,20,21)/t11?,13-,14+/m0/s1. The molecule has 1 aromatic carbocycles. The van der Waals surface area contributed by atoms with E-state index in [1.54, 1.807) is 7.11 Å². The summed E-state index contributed by atoms with van der Waals surface area (Å²) in [5.74, 6) is -0.587. The van der Waals surface area contributed by atoms with E-state index < -0.39 is 11.9 Å². The molecular weight excluding hydrogens is 282 g/mol. The largest absolute Gasteiger partial charge is 0.496 e. The molecule has 3 atom stereocenters. The van der Waals surface area contributed by atoms with Gasteiger partial charge in [-0.2, -0.15) is 0 Å². The van der Waals surface area contributed by atoms with Gasteiger partial charge in [0.15, 0.2) is 0 Å². The predicted octanol–water partition coefficient (Wildman–Crippen LogP) is 2.56. The second kappa shape index (κ2) is 7.29. The Labute approximate surface area is 130 Å². The number of benzene rings is 1. The molecule has 22 heavy (non-hydrogen) atoms. The van der Waals surface area contributed by atoms with Gasteiger partial charge in [0.25, 0.3) is 0 Å². The van der Waals surface area contributed by atoms with Gasteiger partial charge in [0, 0.05) is 12.5 Å². The second-order valence-corrected chi connectivity index (χ2v) is 5.90. The zero-order chi connectivity index (χ0) is 16.1. The van der Waals surface area contributed by atoms with Crippen molar-refractivity contribution in [2.24, 2.45) is 5.92 Å². The summed E-state index contributed by atoms with van der Waals surface area (Å²) in [6.07, 6.45) is 2.56. The Hall–Kier alpha value is -2.04. The van der Waals surface area contributed by atoms with Crippen molar-refractivity contribution in [3.05, 3.63) is 29.8 Å². The Morgan fingerprint density at radius 1 is 1.36 bits per heavy atom. The third-order valence-electron chi connectivity index (χ3n) is 4.34. The van der Waals surface area contributed by atoms with Crippen molar-refractivity contribution < 1.29 is 19.4 Å². The Balaban J connectivity index is 1.95. The van der Waals surface area contributed by atoms with Gasteiger partial charge in [-0.3, -0.25) is 9.59 Å². The molecular formula is C17H23NO4. The van der Waals surface area contributed by atoms with Crippen LogP contribution in [0.25, 0.3) is 0 Å². The number of hydrogen-bond acceptors (Lipinski definition) is 3. The van der Waals surface area contributed by atoms with Crippen LogP contribution < -0.4 is 10.1 Å². The number of amides is 1. The number of aliphatic carboxylic acids is 1. The number of hydrogen-bond donors (Lipinski definition) is 2. The highest BCUT2D eigenvalue weighted by molar-refractivity contribution is 5.79. The van der Waals surface area contributed by atoms with Crippen LogP contribution in [0.4, 0.5) is 0 Å². The minimum atomic E-state index is -0.819. The fraction of sp³-hybridized carbons (Fsp3) is 0.529. The molecule has 5 nitrogen and oxygen atoms in total. The number of rotatable bonds is 6. The van der Waals surface area contributed by atoms with E-state index in [1.165, 1.54) is 0 Å². The molecule has 5 heteroatoms. The van der Waals surface area contributed by atoms with Gasteiger partial charge in [-0.05, 0) is 30.4 Å². The first-order valence-electron chi connectivity index (χ1n) is 7.68. The van der Waals surface area contributed by atoms with Crippen molar-refractivity contribution in [2.45, 2.75) is 44.6 Å². The van der Waals surface area contributed by atoms with Crippen molar-refractivity contribution >= 4 is 11.9 Å². The van der Waals surface area contributed by atoms with Gasteiger partial charge in [-0.15, -0.1) is 0 Å². The van der Waals surface area contributed by atoms with Crippen LogP contribution in [0.15, 0.2) is 24.3 Å². The molecule has 1 aromatic rings. The molecule has 0 saturated heterocycles. The van der Waals surface area contributed by atoms with Crippen LogP contribution in [0.5, 0.6) is 5.75 Å². The van der Waals surface area contributed by atoms with Crippen molar-refractivity contribution in [3.63, 3.8) is 0 Å². The Kier molecular flexibility index (Phi) is 5.41. The molecule has 120 valence electrons. The van der Waals surface area contributed by atoms with Crippen LogP contribution in [0.3, 0.4) is 0 Å². The summed E-state index contributed by atoms with van der Waals surface area (Å²) >= 11 is 0. The Morgan fingerprint density at radius 2 is 2.09 bits per heavy atom. The van der Waals surface area contributed by atoms with Gasteiger partial charge in [-0.1, -0.05) is 31.5 Å². The van der Waals surface area contributed by atoms with Gasteiger partial charge in [-0.25, -0.2) is 0 Å². The predicted molar refractivity (Wildman–Crippen MR) is 82.9 cm³/mol. The summed E-state index contributed by atoms with van der Waals surface area (Å²) in [7, 11) is 1.61. The lowest BCUT2D eigenvalue weighted by Crippen LogP contribution is -2.40. The topological polar surface area (TPSA) is 75.6 Å². The summed E-state index contributed by atoms with van der Waals surface area (Å²) in [5.41, 5.74) is 0.987. The first-order valence-corrected chi connectivity index (χ1v) is 7.68. The number of methoxy groups -OCH3 is 1. The number of carboxylic acid groups (broad SMARTS) is 1. The molecule has 1 fully saturated rings. The minimum absolute atomic E-state index is 0.0147. The van der Waals surface area contributed by atoms with Crippen molar-refractivity contribution in [2.75, 3.05) is 7.11 Å². The fourth-order valence-electron chi connectivity index (χ4n) is 3.16. The Morgan fingerprint density at radius 3 is 2.77 bits per heavy atom. The van der Waals surface area contributed by atoms with E-state index in [1.807, 2.05) is 31.2 Å². The highest BCUT2D eigenvalue weighted by Crippen LogP contribution is 2.29. The van der Waals surface area contributed by atoms with Crippen LogP contribution in [0.2, 0.25) is 0 Å². The molecule has 1 aliphatic carbocycles. The minimum Gasteiger partial charge on any atom is -0.496 e. The molecule has 0 spiro atoms. The fourth-order valence-corrected chi connectivity index (χ4v) is 3.16. The number of carbonyl (C=O) groups excluding carboxylic acids is 1. The number of ether oxygens (including phenoxy) is 1. The van der Waals surface area contributed by atoms with E-state index in [9.17, 15) is 9.59 Å². The van der Waals surface area contributed by atoms with E-state index in [4.69, 9.17) is 9.84 Å². The monoisotopic (exact) mass is 305 g/mol. The molecule has 2 rings (SSSR count). The molecule has 1 unspecified atom stereocenters. The molecule has 0 aromatic heterocycles. The average molecular weight is 305 g/mol. The lowest BCUT2D eigenvalue weighted by molar-refractivity contribution is -0.142. The van der Waals surface area contributed by atoms with E-state index >= 15 is 0 Å². The highest BCUT2D eigenvalue weighted by Gasteiger charge is 2.34. The van der Waals surface area contributed by atoms with E-state index in [2.05, 4.69) is 5.32 Å². The highest BCUT2D eigenvalue weighted by atomic mass is 16.5. The lowest BCUT2D eigenvalue weighted by atomic mass is 9.96. The van der Waals surface area contributed by atoms with Crippen LogP contribution >= 0.6 is 0 Å². The maximum absolute atomic E-state index is 12.2. The quantitative estimate of drug-likeness (QED) is 0.847. The second-order valence-electron chi connectivity index (χ2n) is 5.90. The number of carboxylic acids is 1. The van der Waals surface area contributed by atoms with Gasteiger partial charge >= 0.3 is 5.97 Å². The molecule has 2 N–H and O–H groups in total. The first kappa shape index (κ1) is 16.3. The molecule has 1 aliphatic rings. The Bertz CT molecular complexity index is 543. The van der Waals surface area contributed by atoms with Gasteiger partial charge < -0.3 is 15.2 Å². The summed E-state index contributed by atoms with van der Waals surface area (Å²) in [6.45, 7) is 1.97.